The van der Waals surface area contributed by atoms with Crippen LogP contribution >= 0.6 is 27.5 Å². The molecule has 1 fully saturated rings. The molecule has 0 N–H and O–H groups in total. The van der Waals surface area contributed by atoms with Crippen molar-refractivity contribution in [3.05, 3.63) is 33.4 Å². The number of nitrogens with zero attached hydrogens (tertiary/aromatic N) is 4. The number of ether oxygens (including phenoxy) is 1. The van der Waals surface area contributed by atoms with Gasteiger partial charge < -0.3 is 9.64 Å². The van der Waals surface area contributed by atoms with Gasteiger partial charge in [-0.2, -0.15) is 0 Å². The molecule has 3 rings (SSSR count). The van der Waals surface area contributed by atoms with Crippen molar-refractivity contribution in [1.82, 2.24) is 19.5 Å². The van der Waals surface area contributed by atoms with Gasteiger partial charge in [0.2, 0.25) is 5.88 Å². The van der Waals surface area contributed by atoms with Crippen molar-refractivity contribution in [1.29, 1.82) is 0 Å². The number of pyridine rings is 1. The van der Waals surface area contributed by atoms with Gasteiger partial charge in [0.05, 0.1) is 16.7 Å². The summed E-state index contributed by atoms with van der Waals surface area (Å²) < 4.78 is 10.5. The van der Waals surface area contributed by atoms with Gasteiger partial charge in [-0.15, -0.1) is 5.10 Å². The van der Waals surface area contributed by atoms with Gasteiger partial charge in [-0.25, -0.2) is 4.98 Å². The average Bonchev–Trinajstić information content (AvgIpc) is 3.10. The summed E-state index contributed by atoms with van der Waals surface area (Å²) in [5.41, 5.74) is 0.682. The van der Waals surface area contributed by atoms with Gasteiger partial charge in [-0.05, 0) is 46.5 Å². The highest BCUT2D eigenvalue weighted by Gasteiger charge is 2.30. The van der Waals surface area contributed by atoms with Crippen LogP contribution in [-0.4, -0.2) is 44.6 Å². The highest BCUT2D eigenvalue weighted by molar-refractivity contribution is 9.10. The Balaban J connectivity index is 1.65. The minimum atomic E-state index is -0.0404. The molecule has 6 nitrogen and oxygen atoms in total. The Morgan fingerprint density at radius 2 is 2.43 bits per heavy atom. The second-order valence-corrected chi connectivity index (χ2v) is 6.37. The van der Waals surface area contributed by atoms with E-state index >= 15 is 0 Å². The van der Waals surface area contributed by atoms with Crippen LogP contribution in [0.15, 0.2) is 22.8 Å². The summed E-state index contributed by atoms with van der Waals surface area (Å²) in [5.74, 6) is 0.543. The molecule has 1 amide bonds. The van der Waals surface area contributed by atoms with Gasteiger partial charge in [-0.1, -0.05) is 4.49 Å². The Bertz CT molecular complexity index is 663. The first-order valence-corrected chi connectivity index (χ1v) is 8.07. The van der Waals surface area contributed by atoms with Crippen molar-refractivity contribution in [2.24, 2.45) is 0 Å². The maximum absolute atomic E-state index is 12.4. The van der Waals surface area contributed by atoms with E-state index < -0.39 is 0 Å². The van der Waals surface area contributed by atoms with Crippen LogP contribution in [0.3, 0.4) is 0 Å². The third kappa shape index (κ3) is 3.06. The van der Waals surface area contributed by atoms with Gasteiger partial charge in [0, 0.05) is 19.2 Å². The molecule has 0 aromatic carbocycles. The minimum Gasteiger partial charge on any atom is -0.472 e. The van der Waals surface area contributed by atoms with E-state index in [9.17, 15) is 4.79 Å². The van der Waals surface area contributed by atoms with E-state index in [-0.39, 0.29) is 12.0 Å². The summed E-state index contributed by atoms with van der Waals surface area (Å²) >= 11 is 4.54. The molecule has 2 aromatic heterocycles. The second-order valence-electron chi connectivity index (χ2n) is 4.76. The third-order valence-corrected chi connectivity index (χ3v) is 4.70. The smallest absolute Gasteiger partial charge is 0.267 e. The van der Waals surface area contributed by atoms with Gasteiger partial charge in [0.1, 0.15) is 11.0 Å². The Morgan fingerprint density at radius 1 is 1.57 bits per heavy atom. The zero-order chi connectivity index (χ0) is 14.8. The summed E-state index contributed by atoms with van der Waals surface area (Å²) in [6, 6.07) is 3.72. The zero-order valence-electron chi connectivity index (χ0n) is 11.3. The Kier molecular flexibility index (Phi) is 4.16. The Hall–Kier alpha value is -1.54. The lowest BCUT2D eigenvalue weighted by atomic mass is 10.3. The number of rotatable bonds is 3. The van der Waals surface area contributed by atoms with Crippen molar-refractivity contribution in [2.45, 2.75) is 19.4 Å². The van der Waals surface area contributed by atoms with E-state index in [1.54, 1.807) is 18.0 Å². The van der Waals surface area contributed by atoms with Crippen molar-refractivity contribution in [3.63, 3.8) is 0 Å². The van der Waals surface area contributed by atoms with Crippen LogP contribution in [0, 0.1) is 6.92 Å². The number of hydrogen-bond donors (Lipinski definition) is 0. The van der Waals surface area contributed by atoms with Crippen molar-refractivity contribution >= 4 is 33.4 Å². The van der Waals surface area contributed by atoms with Gasteiger partial charge in [-0.3, -0.25) is 4.79 Å². The van der Waals surface area contributed by atoms with Gasteiger partial charge in [0.15, 0.2) is 0 Å². The van der Waals surface area contributed by atoms with Crippen LogP contribution in [0.1, 0.15) is 21.8 Å². The molecule has 2 aromatic rings. The number of carbonyl (C=O) groups excluding carboxylic acids is 1. The van der Waals surface area contributed by atoms with E-state index in [1.807, 2.05) is 12.1 Å². The van der Waals surface area contributed by atoms with E-state index in [2.05, 4.69) is 30.5 Å². The average molecular weight is 369 g/mol. The predicted molar refractivity (Wildman–Crippen MR) is 81.5 cm³/mol. The number of hydrogen-bond acceptors (Lipinski definition) is 6. The maximum atomic E-state index is 12.4. The molecule has 0 saturated carbocycles. The molecule has 1 aliphatic rings. The van der Waals surface area contributed by atoms with Crippen molar-refractivity contribution in [3.8, 4) is 5.88 Å². The van der Waals surface area contributed by atoms with Crippen LogP contribution in [0.4, 0.5) is 0 Å². The summed E-state index contributed by atoms with van der Waals surface area (Å²) in [6.45, 7) is 3.02. The molecule has 1 aliphatic heterocycles. The first-order chi connectivity index (χ1) is 10.1. The molecule has 1 unspecified atom stereocenters. The van der Waals surface area contributed by atoms with E-state index in [1.165, 1.54) is 0 Å². The molecule has 110 valence electrons. The topological polar surface area (TPSA) is 68.2 Å². The number of likely N-dealkylation sites (tertiary alicyclic amines) is 1. The molecule has 1 atom stereocenters. The van der Waals surface area contributed by atoms with Crippen LogP contribution in [-0.2, 0) is 0 Å². The zero-order valence-corrected chi connectivity index (χ0v) is 13.7. The SMILES string of the molecule is Cc1nnsc1C(=O)N1CCC(Oc2ncccc2Br)C1. The summed E-state index contributed by atoms with van der Waals surface area (Å²) in [5, 5.41) is 3.88. The molecule has 3 heterocycles. The second kappa shape index (κ2) is 6.07. The number of aromatic nitrogens is 3. The number of halogens is 1. The lowest BCUT2D eigenvalue weighted by Gasteiger charge is -2.16. The number of amides is 1. The fourth-order valence-corrected chi connectivity index (χ4v) is 3.17. The molecule has 0 aliphatic carbocycles. The normalized spacial score (nSPS) is 18.0. The highest BCUT2D eigenvalue weighted by atomic mass is 79.9. The quantitative estimate of drug-likeness (QED) is 0.831. The molecular formula is C13H13BrN4O2S. The molecule has 8 heteroatoms. The molecule has 0 bridgehead atoms. The fourth-order valence-electron chi connectivity index (χ4n) is 2.20. The van der Waals surface area contributed by atoms with E-state index in [0.29, 0.717) is 29.5 Å². The molecule has 0 spiro atoms. The summed E-state index contributed by atoms with van der Waals surface area (Å²) in [6.07, 6.45) is 2.44. The third-order valence-electron chi connectivity index (χ3n) is 3.28. The lowest BCUT2D eigenvalue weighted by molar-refractivity contribution is 0.0775. The predicted octanol–water partition coefficient (Wildman–Crippen LogP) is 2.30. The fraction of sp³-hybridized carbons (Fsp3) is 0.385. The minimum absolute atomic E-state index is 0.0197. The molecular weight excluding hydrogens is 356 g/mol. The van der Waals surface area contributed by atoms with Gasteiger partial charge >= 0.3 is 0 Å². The Labute approximate surface area is 134 Å². The molecule has 1 saturated heterocycles. The Morgan fingerprint density at radius 3 is 3.14 bits per heavy atom. The number of aryl methyl sites for hydroxylation is 1. The molecule has 0 radical (unpaired) electrons. The monoisotopic (exact) mass is 368 g/mol. The van der Waals surface area contributed by atoms with E-state index in [4.69, 9.17) is 4.74 Å². The lowest BCUT2D eigenvalue weighted by Crippen LogP contribution is -2.31. The summed E-state index contributed by atoms with van der Waals surface area (Å²) in [4.78, 5) is 18.9. The molecule has 21 heavy (non-hydrogen) atoms. The largest absolute Gasteiger partial charge is 0.472 e. The first-order valence-electron chi connectivity index (χ1n) is 6.50. The summed E-state index contributed by atoms with van der Waals surface area (Å²) in [7, 11) is 0. The first kappa shape index (κ1) is 14.4. The van der Waals surface area contributed by atoms with Crippen molar-refractivity contribution in [2.75, 3.05) is 13.1 Å². The highest BCUT2D eigenvalue weighted by Crippen LogP contribution is 2.25. The van der Waals surface area contributed by atoms with E-state index in [0.717, 1.165) is 22.4 Å². The van der Waals surface area contributed by atoms with Crippen LogP contribution in [0.5, 0.6) is 5.88 Å². The van der Waals surface area contributed by atoms with Gasteiger partial charge in [0.25, 0.3) is 5.91 Å². The standard InChI is InChI=1S/C13H13BrN4O2S/c1-8-11(21-17-16-8)13(19)18-6-4-9(7-18)20-12-10(14)3-2-5-15-12/h2-3,5,9H,4,6-7H2,1H3. The maximum Gasteiger partial charge on any atom is 0.267 e. The van der Waals surface area contributed by atoms with Crippen LogP contribution in [0.25, 0.3) is 0 Å². The van der Waals surface area contributed by atoms with Crippen LogP contribution in [0.2, 0.25) is 0 Å². The van der Waals surface area contributed by atoms with Crippen molar-refractivity contribution < 1.29 is 9.53 Å². The van der Waals surface area contributed by atoms with Crippen LogP contribution < -0.4 is 4.74 Å². The number of carbonyl (C=O) groups is 1.